The highest BCUT2D eigenvalue weighted by Gasteiger charge is 2.10. The average Bonchev–Trinajstić information content (AvgIpc) is 2.70. The number of hydrogen-bond donors (Lipinski definition) is 0. The van der Waals surface area contributed by atoms with Gasteiger partial charge in [-0.25, -0.2) is 0 Å². The third-order valence-electron chi connectivity index (χ3n) is 2.83. The maximum absolute atomic E-state index is 3.45. The summed E-state index contributed by atoms with van der Waals surface area (Å²) in [6.07, 6.45) is 3.97. The van der Waals surface area contributed by atoms with Crippen LogP contribution in [-0.4, -0.2) is 24.5 Å². The molecule has 15 heavy (non-hydrogen) atoms. The van der Waals surface area contributed by atoms with Gasteiger partial charge in [0.15, 0.2) is 0 Å². The highest BCUT2D eigenvalue weighted by molar-refractivity contribution is 9.10. The van der Waals surface area contributed by atoms with Gasteiger partial charge in [-0.05, 0) is 50.0 Å². The summed E-state index contributed by atoms with van der Waals surface area (Å²) < 4.78 is 1.17. The largest absolute Gasteiger partial charge is 0.303 e. The van der Waals surface area contributed by atoms with E-state index >= 15 is 0 Å². The van der Waals surface area contributed by atoms with Crippen LogP contribution >= 0.6 is 28.3 Å². The van der Waals surface area contributed by atoms with E-state index in [-0.39, 0.29) is 12.4 Å². The number of hydrogen-bond acceptors (Lipinski definition) is 1. The first-order valence-electron chi connectivity index (χ1n) is 5.31. The van der Waals surface area contributed by atoms with Gasteiger partial charge in [0.2, 0.25) is 0 Å². The van der Waals surface area contributed by atoms with Crippen molar-refractivity contribution < 1.29 is 0 Å². The summed E-state index contributed by atoms with van der Waals surface area (Å²) in [6, 6.07) is 8.67. The Morgan fingerprint density at radius 3 is 2.27 bits per heavy atom. The van der Waals surface area contributed by atoms with Crippen LogP contribution in [-0.2, 0) is 6.42 Å². The zero-order chi connectivity index (χ0) is 9.80. The second kappa shape index (κ2) is 6.51. The van der Waals surface area contributed by atoms with Crippen LogP contribution < -0.4 is 0 Å². The molecule has 1 heterocycles. The first kappa shape index (κ1) is 13.0. The van der Waals surface area contributed by atoms with E-state index in [0.717, 1.165) is 0 Å². The maximum Gasteiger partial charge on any atom is 0.0175 e. The molecule has 84 valence electrons. The second-order valence-corrected chi connectivity index (χ2v) is 4.84. The van der Waals surface area contributed by atoms with E-state index in [1.807, 2.05) is 0 Å². The summed E-state index contributed by atoms with van der Waals surface area (Å²) in [6.45, 7) is 3.83. The number of rotatable bonds is 3. The van der Waals surface area contributed by atoms with E-state index in [4.69, 9.17) is 0 Å². The van der Waals surface area contributed by atoms with E-state index in [9.17, 15) is 0 Å². The minimum atomic E-state index is 0. The first-order valence-corrected chi connectivity index (χ1v) is 6.11. The fourth-order valence-corrected chi connectivity index (χ4v) is 2.21. The summed E-state index contributed by atoms with van der Waals surface area (Å²) in [5.41, 5.74) is 1.44. The molecule has 2 rings (SSSR count). The van der Waals surface area contributed by atoms with Gasteiger partial charge in [-0.3, -0.25) is 0 Å². The number of benzene rings is 1. The molecule has 1 fully saturated rings. The molecule has 3 heteroatoms. The third-order valence-corrected chi connectivity index (χ3v) is 3.36. The van der Waals surface area contributed by atoms with Crippen molar-refractivity contribution in [1.82, 2.24) is 4.90 Å². The van der Waals surface area contributed by atoms with E-state index in [0.29, 0.717) is 0 Å². The van der Waals surface area contributed by atoms with Crippen LogP contribution in [0.3, 0.4) is 0 Å². The van der Waals surface area contributed by atoms with Gasteiger partial charge in [0.1, 0.15) is 0 Å². The Hall–Kier alpha value is -0.0500. The van der Waals surface area contributed by atoms with Crippen molar-refractivity contribution in [3.05, 3.63) is 34.3 Å². The monoisotopic (exact) mass is 289 g/mol. The van der Waals surface area contributed by atoms with Crippen molar-refractivity contribution >= 4 is 28.3 Å². The molecule has 0 aromatic heterocycles. The van der Waals surface area contributed by atoms with Gasteiger partial charge in [-0.1, -0.05) is 28.1 Å². The molecule has 1 aromatic carbocycles. The summed E-state index contributed by atoms with van der Waals surface area (Å²) >= 11 is 3.45. The predicted molar refractivity (Wildman–Crippen MR) is 70.8 cm³/mol. The number of nitrogens with zero attached hydrogens (tertiary/aromatic N) is 1. The lowest BCUT2D eigenvalue weighted by Gasteiger charge is -2.13. The van der Waals surface area contributed by atoms with Crippen LogP contribution in [0.15, 0.2) is 28.7 Å². The first-order chi connectivity index (χ1) is 6.84. The smallest absolute Gasteiger partial charge is 0.0175 e. The van der Waals surface area contributed by atoms with E-state index in [1.165, 1.54) is 48.9 Å². The topological polar surface area (TPSA) is 3.24 Å². The number of halogens is 2. The van der Waals surface area contributed by atoms with Crippen LogP contribution in [0.4, 0.5) is 0 Å². The van der Waals surface area contributed by atoms with Crippen LogP contribution in [0, 0.1) is 0 Å². The molecular formula is C12H17BrClN. The van der Waals surface area contributed by atoms with E-state index in [2.05, 4.69) is 45.1 Å². The summed E-state index contributed by atoms with van der Waals surface area (Å²) in [5.74, 6) is 0. The average molecular weight is 291 g/mol. The van der Waals surface area contributed by atoms with Crippen molar-refractivity contribution in [2.75, 3.05) is 19.6 Å². The molecule has 0 bridgehead atoms. The lowest BCUT2D eigenvalue weighted by Crippen LogP contribution is -2.21. The summed E-state index contributed by atoms with van der Waals surface area (Å²) in [7, 11) is 0. The van der Waals surface area contributed by atoms with Gasteiger partial charge in [-0.2, -0.15) is 0 Å². The molecule has 0 N–H and O–H groups in total. The molecule has 0 spiro atoms. The molecule has 0 amide bonds. The maximum atomic E-state index is 3.45. The Balaban J connectivity index is 0.00000112. The fourth-order valence-electron chi connectivity index (χ4n) is 1.94. The zero-order valence-corrected chi connectivity index (χ0v) is 11.2. The summed E-state index contributed by atoms with van der Waals surface area (Å²) in [5, 5.41) is 0. The molecule has 0 unspecified atom stereocenters. The normalized spacial score (nSPS) is 16.3. The minimum absolute atomic E-state index is 0. The second-order valence-electron chi connectivity index (χ2n) is 3.93. The number of likely N-dealkylation sites (tertiary alicyclic amines) is 1. The molecule has 1 aliphatic rings. The Labute approximate surface area is 106 Å². The standard InChI is InChI=1S/C12H16BrN.ClH/c13-12-5-3-11(4-6-12)7-10-14-8-1-2-9-14;/h3-6H,1-2,7-10H2;1H. The van der Waals surface area contributed by atoms with E-state index < -0.39 is 0 Å². The molecule has 1 nitrogen and oxygen atoms in total. The Kier molecular flexibility index (Phi) is 5.65. The molecule has 0 aliphatic carbocycles. The van der Waals surface area contributed by atoms with Crippen LogP contribution in [0.5, 0.6) is 0 Å². The molecule has 1 aromatic rings. The van der Waals surface area contributed by atoms with Crippen molar-refractivity contribution in [1.29, 1.82) is 0 Å². The Morgan fingerprint density at radius 1 is 1.07 bits per heavy atom. The van der Waals surface area contributed by atoms with Crippen molar-refractivity contribution in [3.8, 4) is 0 Å². The molecule has 0 radical (unpaired) electrons. The van der Waals surface area contributed by atoms with Gasteiger partial charge in [0.25, 0.3) is 0 Å². The summed E-state index contributed by atoms with van der Waals surface area (Å²) in [4.78, 5) is 2.56. The van der Waals surface area contributed by atoms with Crippen molar-refractivity contribution in [2.24, 2.45) is 0 Å². The lowest BCUT2D eigenvalue weighted by atomic mass is 10.1. The van der Waals surface area contributed by atoms with Gasteiger partial charge >= 0.3 is 0 Å². The molecule has 1 saturated heterocycles. The molecule has 0 saturated carbocycles. The van der Waals surface area contributed by atoms with Crippen LogP contribution in [0.2, 0.25) is 0 Å². The van der Waals surface area contributed by atoms with Crippen molar-refractivity contribution in [3.63, 3.8) is 0 Å². The molecule has 1 aliphatic heterocycles. The third kappa shape index (κ3) is 4.13. The van der Waals surface area contributed by atoms with E-state index in [1.54, 1.807) is 0 Å². The van der Waals surface area contributed by atoms with Gasteiger partial charge < -0.3 is 4.90 Å². The highest BCUT2D eigenvalue weighted by Crippen LogP contribution is 2.12. The van der Waals surface area contributed by atoms with Crippen molar-refractivity contribution in [2.45, 2.75) is 19.3 Å². The van der Waals surface area contributed by atoms with Gasteiger partial charge in [0.05, 0.1) is 0 Å². The lowest BCUT2D eigenvalue weighted by molar-refractivity contribution is 0.343. The Bertz CT molecular complexity index is 280. The van der Waals surface area contributed by atoms with Crippen LogP contribution in [0.1, 0.15) is 18.4 Å². The Morgan fingerprint density at radius 2 is 1.67 bits per heavy atom. The van der Waals surface area contributed by atoms with Gasteiger partial charge in [-0.15, -0.1) is 12.4 Å². The quantitative estimate of drug-likeness (QED) is 0.823. The predicted octanol–water partition coefficient (Wildman–Crippen LogP) is 3.51. The highest BCUT2D eigenvalue weighted by atomic mass is 79.9. The molecule has 0 atom stereocenters. The minimum Gasteiger partial charge on any atom is -0.303 e. The van der Waals surface area contributed by atoms with Gasteiger partial charge in [0, 0.05) is 11.0 Å². The SMILES string of the molecule is Brc1ccc(CCN2CCCC2)cc1.Cl. The van der Waals surface area contributed by atoms with Crippen LogP contribution in [0.25, 0.3) is 0 Å². The fraction of sp³-hybridized carbons (Fsp3) is 0.500. The zero-order valence-electron chi connectivity index (χ0n) is 8.79. The molecular weight excluding hydrogens is 273 g/mol.